The molecule has 0 saturated carbocycles. The second kappa shape index (κ2) is 3.96. The number of H-pyrrole nitrogens is 1. The fourth-order valence-electron chi connectivity index (χ4n) is 2.06. The highest BCUT2D eigenvalue weighted by Crippen LogP contribution is 2.33. The standard InChI is InChI=1S/C14H11ClN2O/c15-10-2-4-13(18)11(7-10)8-1-3-12-9(5-8)6-14(16)17-12/h1-7,17-18H,16H2. The summed E-state index contributed by atoms with van der Waals surface area (Å²) in [5.74, 6) is 0.833. The van der Waals surface area contributed by atoms with Crippen molar-refractivity contribution in [2.24, 2.45) is 0 Å². The maximum absolute atomic E-state index is 9.87. The minimum absolute atomic E-state index is 0.210. The second-order valence-electron chi connectivity index (χ2n) is 4.19. The SMILES string of the molecule is Nc1cc2cc(-c3cc(Cl)ccc3O)ccc2[nH]1. The second-order valence-corrected chi connectivity index (χ2v) is 4.62. The van der Waals surface area contributed by atoms with Crippen LogP contribution in [0.1, 0.15) is 0 Å². The third kappa shape index (κ3) is 1.79. The maximum atomic E-state index is 9.87. The summed E-state index contributed by atoms with van der Waals surface area (Å²) >= 11 is 5.95. The molecule has 3 rings (SSSR count). The number of phenolic OH excluding ortho intramolecular Hbond substituents is 1. The average molecular weight is 259 g/mol. The molecule has 4 N–H and O–H groups in total. The lowest BCUT2D eigenvalue weighted by atomic mass is 10.0. The number of aromatic nitrogens is 1. The van der Waals surface area contributed by atoms with Crippen molar-refractivity contribution >= 4 is 28.3 Å². The van der Waals surface area contributed by atoms with Crippen molar-refractivity contribution in [2.75, 3.05) is 5.73 Å². The number of nitrogen functional groups attached to an aromatic ring is 1. The summed E-state index contributed by atoms with van der Waals surface area (Å²) < 4.78 is 0. The summed E-state index contributed by atoms with van der Waals surface area (Å²) in [6, 6.07) is 12.7. The van der Waals surface area contributed by atoms with Crippen molar-refractivity contribution in [1.82, 2.24) is 4.98 Å². The molecule has 90 valence electrons. The van der Waals surface area contributed by atoms with Crippen LogP contribution in [0, 0.1) is 0 Å². The molecule has 0 aliphatic carbocycles. The molecule has 4 heteroatoms. The Bertz CT molecular complexity index is 734. The van der Waals surface area contributed by atoms with Gasteiger partial charge in [0.15, 0.2) is 0 Å². The molecule has 0 fully saturated rings. The van der Waals surface area contributed by atoms with Gasteiger partial charge in [0, 0.05) is 21.5 Å². The lowest BCUT2D eigenvalue weighted by Crippen LogP contribution is -1.80. The Labute approximate surface area is 109 Å². The highest BCUT2D eigenvalue weighted by atomic mass is 35.5. The van der Waals surface area contributed by atoms with Gasteiger partial charge in [-0.2, -0.15) is 0 Å². The van der Waals surface area contributed by atoms with Gasteiger partial charge in [0.2, 0.25) is 0 Å². The number of aromatic amines is 1. The van der Waals surface area contributed by atoms with Gasteiger partial charge in [-0.1, -0.05) is 17.7 Å². The van der Waals surface area contributed by atoms with Crippen molar-refractivity contribution in [2.45, 2.75) is 0 Å². The Balaban J connectivity index is 2.21. The van der Waals surface area contributed by atoms with Crippen molar-refractivity contribution in [1.29, 1.82) is 0 Å². The van der Waals surface area contributed by atoms with Gasteiger partial charge in [0.25, 0.3) is 0 Å². The highest BCUT2D eigenvalue weighted by Gasteiger charge is 2.07. The third-order valence-corrected chi connectivity index (χ3v) is 3.15. The van der Waals surface area contributed by atoms with E-state index in [1.807, 2.05) is 24.3 Å². The van der Waals surface area contributed by atoms with Crippen LogP contribution >= 0.6 is 11.6 Å². The third-order valence-electron chi connectivity index (χ3n) is 2.91. The van der Waals surface area contributed by atoms with Gasteiger partial charge in [-0.3, -0.25) is 0 Å². The predicted octanol–water partition coefficient (Wildman–Crippen LogP) is 3.78. The van der Waals surface area contributed by atoms with Gasteiger partial charge < -0.3 is 15.8 Å². The summed E-state index contributed by atoms with van der Waals surface area (Å²) in [6.45, 7) is 0. The number of anilines is 1. The summed E-state index contributed by atoms with van der Waals surface area (Å²) in [7, 11) is 0. The van der Waals surface area contributed by atoms with Crippen LogP contribution in [0.15, 0.2) is 42.5 Å². The van der Waals surface area contributed by atoms with Gasteiger partial charge in [-0.15, -0.1) is 0 Å². The normalized spacial score (nSPS) is 10.9. The van der Waals surface area contributed by atoms with E-state index in [1.165, 1.54) is 0 Å². The first-order valence-corrected chi connectivity index (χ1v) is 5.88. The van der Waals surface area contributed by atoms with E-state index in [0.29, 0.717) is 16.4 Å². The molecule has 0 spiro atoms. The lowest BCUT2D eigenvalue weighted by molar-refractivity contribution is 0.477. The first-order chi connectivity index (χ1) is 8.63. The minimum atomic E-state index is 0.210. The molecule has 2 aromatic carbocycles. The molecule has 3 aromatic rings. The van der Waals surface area contributed by atoms with Crippen LogP contribution in [-0.4, -0.2) is 10.1 Å². The summed E-state index contributed by atoms with van der Waals surface area (Å²) in [4.78, 5) is 3.05. The molecule has 0 radical (unpaired) electrons. The molecule has 0 aliphatic rings. The maximum Gasteiger partial charge on any atom is 0.123 e. The molecule has 0 aliphatic heterocycles. The Morgan fingerprint density at radius 3 is 2.72 bits per heavy atom. The number of rotatable bonds is 1. The van der Waals surface area contributed by atoms with Crippen molar-refractivity contribution in [3.63, 3.8) is 0 Å². The molecular formula is C14H11ClN2O. The van der Waals surface area contributed by atoms with Crippen LogP contribution in [-0.2, 0) is 0 Å². The summed E-state index contributed by atoms with van der Waals surface area (Å²) in [5.41, 5.74) is 8.29. The monoisotopic (exact) mass is 258 g/mol. The van der Waals surface area contributed by atoms with Crippen LogP contribution in [0.2, 0.25) is 5.02 Å². The van der Waals surface area contributed by atoms with Crippen LogP contribution in [0.4, 0.5) is 5.82 Å². The number of nitrogens with two attached hydrogens (primary N) is 1. The molecule has 0 atom stereocenters. The minimum Gasteiger partial charge on any atom is -0.507 e. The highest BCUT2D eigenvalue weighted by molar-refractivity contribution is 6.31. The van der Waals surface area contributed by atoms with Crippen LogP contribution in [0.3, 0.4) is 0 Å². The van der Waals surface area contributed by atoms with Crippen molar-refractivity contribution in [3.8, 4) is 16.9 Å². The first kappa shape index (κ1) is 11.0. The number of phenols is 1. The molecular weight excluding hydrogens is 248 g/mol. The van der Waals surface area contributed by atoms with Gasteiger partial charge >= 0.3 is 0 Å². The van der Waals surface area contributed by atoms with Gasteiger partial charge in [0.05, 0.1) is 0 Å². The van der Waals surface area contributed by atoms with Gasteiger partial charge in [-0.05, 0) is 42.0 Å². The topological polar surface area (TPSA) is 62.0 Å². The molecule has 18 heavy (non-hydrogen) atoms. The fourth-order valence-corrected chi connectivity index (χ4v) is 2.23. The molecule has 1 heterocycles. The van der Waals surface area contributed by atoms with Crippen LogP contribution in [0.5, 0.6) is 5.75 Å². The number of benzene rings is 2. The number of fused-ring (bicyclic) bond motifs is 1. The number of hydrogen-bond donors (Lipinski definition) is 3. The molecule has 3 nitrogen and oxygen atoms in total. The Morgan fingerprint density at radius 1 is 1.06 bits per heavy atom. The molecule has 0 unspecified atom stereocenters. The van der Waals surface area contributed by atoms with Crippen LogP contribution in [0.25, 0.3) is 22.0 Å². The number of halogens is 1. The predicted molar refractivity (Wildman–Crippen MR) is 74.8 cm³/mol. The van der Waals surface area contributed by atoms with E-state index < -0.39 is 0 Å². The number of nitrogens with one attached hydrogen (secondary N) is 1. The van der Waals surface area contributed by atoms with E-state index in [-0.39, 0.29) is 5.75 Å². The quantitative estimate of drug-likeness (QED) is 0.622. The van der Waals surface area contributed by atoms with E-state index in [0.717, 1.165) is 16.5 Å². The molecule has 0 bridgehead atoms. The fraction of sp³-hybridized carbons (Fsp3) is 0. The zero-order valence-corrected chi connectivity index (χ0v) is 10.2. The molecule has 0 amide bonds. The summed E-state index contributed by atoms with van der Waals surface area (Å²) in [5, 5.41) is 11.5. The number of hydrogen-bond acceptors (Lipinski definition) is 2. The van der Waals surface area contributed by atoms with E-state index in [2.05, 4.69) is 4.98 Å². The van der Waals surface area contributed by atoms with Crippen molar-refractivity contribution < 1.29 is 5.11 Å². The zero-order chi connectivity index (χ0) is 12.7. The largest absolute Gasteiger partial charge is 0.507 e. The van der Waals surface area contributed by atoms with E-state index in [1.54, 1.807) is 18.2 Å². The van der Waals surface area contributed by atoms with E-state index >= 15 is 0 Å². The van der Waals surface area contributed by atoms with Gasteiger partial charge in [0.1, 0.15) is 11.6 Å². The van der Waals surface area contributed by atoms with Gasteiger partial charge in [-0.25, -0.2) is 0 Å². The van der Waals surface area contributed by atoms with Crippen molar-refractivity contribution in [3.05, 3.63) is 47.5 Å². The van der Waals surface area contributed by atoms with E-state index in [4.69, 9.17) is 17.3 Å². The smallest absolute Gasteiger partial charge is 0.123 e. The average Bonchev–Trinajstić information content (AvgIpc) is 2.71. The van der Waals surface area contributed by atoms with E-state index in [9.17, 15) is 5.11 Å². The molecule has 1 aromatic heterocycles. The molecule has 0 saturated heterocycles. The Morgan fingerprint density at radius 2 is 1.89 bits per heavy atom. The lowest BCUT2D eigenvalue weighted by Gasteiger charge is -2.05. The van der Waals surface area contributed by atoms with Crippen LogP contribution < -0.4 is 5.73 Å². The zero-order valence-electron chi connectivity index (χ0n) is 9.44. The Hall–Kier alpha value is -2.13. The summed E-state index contributed by atoms with van der Waals surface area (Å²) in [6.07, 6.45) is 0. The number of aromatic hydroxyl groups is 1. The first-order valence-electron chi connectivity index (χ1n) is 5.50. The Kier molecular flexibility index (Phi) is 2.42.